The lowest BCUT2D eigenvalue weighted by Crippen LogP contribution is -2.24. The van der Waals surface area contributed by atoms with Gasteiger partial charge in [0.05, 0.1) is 18.5 Å². The largest absolute Gasteiger partial charge is 0.343 e. The van der Waals surface area contributed by atoms with Gasteiger partial charge in [-0.15, -0.1) is 0 Å². The maximum Gasteiger partial charge on any atom is 0.115 e. The van der Waals surface area contributed by atoms with Gasteiger partial charge in [0.2, 0.25) is 0 Å². The molecular formula is C15H21N3. The molecule has 1 unspecified atom stereocenters. The number of nitrogens with zero attached hydrogens (tertiary/aromatic N) is 2. The molecule has 0 heterocycles. The molecular weight excluding hydrogens is 222 g/mol. The van der Waals surface area contributed by atoms with Crippen molar-refractivity contribution in [1.82, 2.24) is 0 Å². The molecule has 96 valence electrons. The Balaban J connectivity index is 2.84. The van der Waals surface area contributed by atoms with E-state index in [9.17, 15) is 0 Å². The third-order valence-electron chi connectivity index (χ3n) is 2.91. The Morgan fingerprint density at radius 3 is 2.44 bits per heavy atom. The van der Waals surface area contributed by atoms with E-state index < -0.39 is 0 Å². The number of nitriles is 1. The highest BCUT2D eigenvalue weighted by Gasteiger charge is 2.19. The fourth-order valence-corrected chi connectivity index (χ4v) is 1.31. The van der Waals surface area contributed by atoms with Crippen LogP contribution in [0.4, 0.5) is 5.69 Å². The minimum absolute atomic E-state index is 0.0963. The Bertz CT molecular complexity index is 435. The van der Waals surface area contributed by atoms with E-state index in [0.29, 0.717) is 6.42 Å². The van der Waals surface area contributed by atoms with Gasteiger partial charge in [0.25, 0.3) is 0 Å². The molecule has 18 heavy (non-hydrogen) atoms. The zero-order valence-electron chi connectivity index (χ0n) is 11.6. The Morgan fingerprint density at radius 2 is 1.94 bits per heavy atom. The van der Waals surface area contributed by atoms with Crippen LogP contribution in [0.2, 0.25) is 0 Å². The van der Waals surface area contributed by atoms with Crippen LogP contribution in [0.15, 0.2) is 35.3 Å². The zero-order chi connectivity index (χ0) is 13.6. The van der Waals surface area contributed by atoms with Crippen LogP contribution in [-0.2, 0) is 0 Å². The number of para-hydroxylation sites is 1. The summed E-state index contributed by atoms with van der Waals surface area (Å²) in [4.78, 5) is 4.62. The van der Waals surface area contributed by atoms with Crippen LogP contribution in [0, 0.1) is 16.7 Å². The Hall–Kier alpha value is -1.82. The second kappa shape index (κ2) is 6.20. The highest BCUT2D eigenvalue weighted by molar-refractivity contribution is 5.96. The molecule has 0 aromatic heterocycles. The van der Waals surface area contributed by atoms with E-state index in [1.165, 1.54) is 0 Å². The molecule has 1 N–H and O–H groups in total. The number of amidine groups is 1. The van der Waals surface area contributed by atoms with Crippen molar-refractivity contribution in [2.24, 2.45) is 10.4 Å². The van der Waals surface area contributed by atoms with Crippen molar-refractivity contribution in [1.29, 1.82) is 5.26 Å². The predicted octanol–water partition coefficient (Wildman–Crippen LogP) is 3.85. The Kier molecular flexibility index (Phi) is 4.91. The fourth-order valence-electron chi connectivity index (χ4n) is 1.31. The topological polar surface area (TPSA) is 48.2 Å². The maximum atomic E-state index is 8.86. The van der Waals surface area contributed by atoms with Crippen LogP contribution in [0.5, 0.6) is 0 Å². The van der Waals surface area contributed by atoms with Gasteiger partial charge in [-0.2, -0.15) is 5.26 Å². The fraction of sp³-hybridized carbons (Fsp3) is 0.467. The van der Waals surface area contributed by atoms with Crippen LogP contribution in [-0.4, -0.2) is 11.9 Å². The number of nitrogens with one attached hydrogen (secondary N) is 1. The van der Waals surface area contributed by atoms with Gasteiger partial charge < -0.3 is 5.32 Å². The first kappa shape index (κ1) is 14.2. The zero-order valence-corrected chi connectivity index (χ0v) is 11.6. The van der Waals surface area contributed by atoms with Gasteiger partial charge in [-0.25, -0.2) is 0 Å². The third kappa shape index (κ3) is 4.58. The van der Waals surface area contributed by atoms with Crippen molar-refractivity contribution in [3.05, 3.63) is 30.3 Å². The lowest BCUT2D eigenvalue weighted by Gasteiger charge is -2.24. The molecule has 0 aliphatic heterocycles. The highest BCUT2D eigenvalue weighted by Crippen LogP contribution is 2.22. The smallest absolute Gasteiger partial charge is 0.115 e. The second-order valence-electron chi connectivity index (χ2n) is 5.44. The van der Waals surface area contributed by atoms with E-state index in [2.05, 4.69) is 44.1 Å². The number of hydrogen-bond donors (Lipinski definition) is 1. The summed E-state index contributed by atoms with van der Waals surface area (Å²) >= 11 is 0. The minimum Gasteiger partial charge on any atom is -0.343 e. The van der Waals surface area contributed by atoms with E-state index in [1.54, 1.807) is 0 Å². The number of hydrogen-bond acceptors (Lipinski definition) is 2. The molecule has 1 aromatic carbocycles. The summed E-state index contributed by atoms with van der Waals surface area (Å²) < 4.78 is 0. The predicted molar refractivity (Wildman–Crippen MR) is 76.6 cm³/mol. The summed E-state index contributed by atoms with van der Waals surface area (Å²) in [6.07, 6.45) is 0.301. The van der Waals surface area contributed by atoms with Crippen LogP contribution in [0.1, 0.15) is 34.1 Å². The molecule has 0 bridgehead atoms. The highest BCUT2D eigenvalue weighted by atomic mass is 15.0. The normalized spacial score (nSPS) is 13.8. The van der Waals surface area contributed by atoms with Crippen molar-refractivity contribution >= 4 is 11.5 Å². The Morgan fingerprint density at radius 1 is 1.33 bits per heavy atom. The first-order valence-electron chi connectivity index (χ1n) is 6.19. The summed E-state index contributed by atoms with van der Waals surface area (Å²) in [7, 11) is 0. The monoisotopic (exact) mass is 243 g/mol. The first-order chi connectivity index (χ1) is 8.43. The molecule has 0 saturated heterocycles. The number of rotatable bonds is 3. The van der Waals surface area contributed by atoms with E-state index in [-0.39, 0.29) is 11.5 Å². The van der Waals surface area contributed by atoms with E-state index in [0.717, 1.165) is 11.5 Å². The summed E-state index contributed by atoms with van der Waals surface area (Å²) in [6.45, 7) is 8.51. The average molecular weight is 243 g/mol. The summed E-state index contributed by atoms with van der Waals surface area (Å²) in [5.74, 6) is 0.728. The van der Waals surface area contributed by atoms with Gasteiger partial charge in [0, 0.05) is 5.69 Å². The number of aliphatic imine (C=N–C) groups is 1. The van der Waals surface area contributed by atoms with Crippen molar-refractivity contribution in [2.45, 2.75) is 40.2 Å². The van der Waals surface area contributed by atoms with Gasteiger partial charge in [-0.1, -0.05) is 39.0 Å². The lowest BCUT2D eigenvalue weighted by molar-refractivity contribution is 0.341. The lowest BCUT2D eigenvalue weighted by atomic mass is 9.88. The van der Waals surface area contributed by atoms with E-state index in [4.69, 9.17) is 5.26 Å². The maximum absolute atomic E-state index is 8.86. The van der Waals surface area contributed by atoms with Crippen molar-refractivity contribution in [2.75, 3.05) is 5.32 Å². The molecule has 1 aromatic rings. The SMILES string of the molecule is CC(N=C(CC#N)Nc1ccccc1)C(C)(C)C. The average Bonchev–Trinajstić information content (AvgIpc) is 2.29. The van der Waals surface area contributed by atoms with Gasteiger partial charge in [-0.05, 0) is 24.5 Å². The quantitative estimate of drug-likeness (QED) is 0.647. The van der Waals surface area contributed by atoms with Gasteiger partial charge in [-0.3, -0.25) is 4.99 Å². The number of benzene rings is 1. The molecule has 0 spiro atoms. The first-order valence-corrected chi connectivity index (χ1v) is 6.19. The molecule has 1 atom stereocenters. The van der Waals surface area contributed by atoms with Crippen LogP contribution in [0.3, 0.4) is 0 Å². The molecule has 0 aliphatic carbocycles. The van der Waals surface area contributed by atoms with Crippen LogP contribution in [0.25, 0.3) is 0 Å². The molecule has 1 rings (SSSR count). The molecule has 0 radical (unpaired) electrons. The molecule has 0 aliphatic rings. The molecule has 3 heteroatoms. The molecule has 3 nitrogen and oxygen atoms in total. The Labute approximate surface area is 110 Å². The van der Waals surface area contributed by atoms with Crippen LogP contribution < -0.4 is 5.32 Å². The second-order valence-corrected chi connectivity index (χ2v) is 5.44. The van der Waals surface area contributed by atoms with Gasteiger partial charge in [0.15, 0.2) is 0 Å². The minimum atomic E-state index is 0.0963. The molecule has 0 fully saturated rings. The number of anilines is 1. The third-order valence-corrected chi connectivity index (χ3v) is 2.91. The van der Waals surface area contributed by atoms with E-state index in [1.807, 2.05) is 30.3 Å². The van der Waals surface area contributed by atoms with E-state index >= 15 is 0 Å². The standard InChI is InChI=1S/C15H21N3/c1-12(15(2,3)4)17-14(10-11-16)18-13-8-6-5-7-9-13/h5-9,12H,10H2,1-4H3,(H,17,18). The van der Waals surface area contributed by atoms with Crippen molar-refractivity contribution in [3.63, 3.8) is 0 Å². The summed E-state index contributed by atoms with van der Waals surface area (Å²) in [5, 5.41) is 12.1. The summed E-state index contributed by atoms with van der Waals surface area (Å²) in [5.41, 5.74) is 1.06. The van der Waals surface area contributed by atoms with Crippen molar-refractivity contribution in [3.8, 4) is 6.07 Å². The van der Waals surface area contributed by atoms with Crippen LogP contribution >= 0.6 is 0 Å². The van der Waals surface area contributed by atoms with Crippen molar-refractivity contribution < 1.29 is 0 Å². The van der Waals surface area contributed by atoms with Gasteiger partial charge >= 0.3 is 0 Å². The summed E-state index contributed by atoms with van der Waals surface area (Å²) in [6, 6.07) is 12.1. The molecule has 0 saturated carbocycles. The molecule has 0 amide bonds. The van der Waals surface area contributed by atoms with Gasteiger partial charge in [0.1, 0.15) is 5.84 Å².